The number of rotatable bonds is 46. The maximum absolute atomic E-state index is 13.6. The number of aliphatic imine (C=N–C) groups is 1. The van der Waals surface area contributed by atoms with Crippen molar-refractivity contribution < 1.29 is 79.3 Å². The first-order valence-electron chi connectivity index (χ1n) is 29.6. The minimum Gasteiger partial charge on any atom is -0.420 e. The highest BCUT2D eigenvalue weighted by atomic mass is 19.2. The van der Waals surface area contributed by atoms with E-state index in [0.717, 1.165) is 88.3 Å². The molecule has 0 aromatic heterocycles. The smallest absolute Gasteiger partial charge is 0.313 e. The molecule has 2 heterocycles. The number of fused-ring (bicyclic) bond motifs is 1. The Morgan fingerprint density at radius 2 is 1.14 bits per heavy atom. The van der Waals surface area contributed by atoms with Crippen LogP contribution >= 0.6 is 0 Å². The number of amidine groups is 1. The number of nitrogens with one attached hydrogen (secondary N) is 1. The largest absolute Gasteiger partial charge is 0.420 e. The Hall–Kier alpha value is -5.41. The van der Waals surface area contributed by atoms with Gasteiger partial charge in [0, 0.05) is 74.6 Å². The van der Waals surface area contributed by atoms with Crippen molar-refractivity contribution >= 4 is 29.5 Å². The van der Waals surface area contributed by atoms with Crippen molar-refractivity contribution in [2.24, 2.45) is 10.7 Å². The van der Waals surface area contributed by atoms with Crippen molar-refractivity contribution in [2.75, 3.05) is 172 Å². The summed E-state index contributed by atoms with van der Waals surface area (Å²) in [7, 11) is 2.09. The zero-order valence-corrected chi connectivity index (χ0v) is 50.0. The zero-order chi connectivity index (χ0) is 60.9. The van der Waals surface area contributed by atoms with Crippen molar-refractivity contribution in [1.82, 2.24) is 20.0 Å². The number of amides is 1. The highest BCUT2D eigenvalue weighted by Gasteiger charge is 2.25. The molecule has 1 amide bonds. The maximum Gasteiger partial charge on any atom is 0.313 e. The molecule has 23 heteroatoms. The molecule has 2 aliphatic rings. The van der Waals surface area contributed by atoms with Gasteiger partial charge in [-0.05, 0) is 74.2 Å². The number of nitrogens with zero attached hydrogens (tertiary/aromatic N) is 4. The van der Waals surface area contributed by atoms with E-state index in [-0.39, 0.29) is 37.8 Å². The normalized spacial score (nSPS) is 14.5. The molecule has 474 valence electrons. The van der Waals surface area contributed by atoms with Crippen molar-refractivity contribution in [3.05, 3.63) is 112 Å². The first-order valence-corrected chi connectivity index (χ1v) is 29.6. The molecule has 85 heavy (non-hydrogen) atoms. The lowest BCUT2D eigenvalue weighted by molar-refractivity contribution is -0.136. The van der Waals surface area contributed by atoms with Gasteiger partial charge in [0.1, 0.15) is 5.84 Å². The molecule has 0 aliphatic carbocycles. The van der Waals surface area contributed by atoms with Gasteiger partial charge in [-0.25, -0.2) is 13.8 Å². The Labute approximate surface area is 499 Å². The zero-order valence-electron chi connectivity index (χ0n) is 50.0. The number of piperidine rings is 1. The summed E-state index contributed by atoms with van der Waals surface area (Å²) in [6, 6.07) is 14.6. The van der Waals surface area contributed by atoms with Gasteiger partial charge < -0.3 is 68.1 Å². The number of halogens is 4. The number of carbonyl (C=O) groups excluding carboxylic acids is 2. The monoisotopic (exact) mass is 1200 g/mol. The third-order valence-corrected chi connectivity index (χ3v) is 13.4. The summed E-state index contributed by atoms with van der Waals surface area (Å²) in [5.74, 6) is -9.08. The number of allylic oxidation sites excluding steroid dienone is 1. The molecule has 19 nitrogen and oxygen atoms in total. The number of esters is 1. The second-order valence-corrected chi connectivity index (χ2v) is 20.4. The Morgan fingerprint density at radius 1 is 0.659 bits per heavy atom. The SMILES string of the molecule is C=C(C1=Cc2ccc(C(=O)N[C@@H]3CCCN(Cc4ccc(CN(C)CCOCCOCCOCCOCCOCCOCCOCCOCCOCCOCCC(=O)Oc5c(F)c(F)cc(F)c5F)cc4)C3)cc2N=C(N)C1)N(CCC)CCC. The van der Waals surface area contributed by atoms with Gasteiger partial charge in [0.2, 0.25) is 17.4 Å². The minimum absolute atomic E-state index is 0.0195. The summed E-state index contributed by atoms with van der Waals surface area (Å²) in [4.78, 5) is 37.0. The number of likely N-dealkylation sites (N-methyl/N-ethyl adjacent to an activating group) is 1. The molecule has 0 saturated carbocycles. The fourth-order valence-corrected chi connectivity index (χ4v) is 9.09. The molecule has 0 radical (unpaired) electrons. The van der Waals surface area contributed by atoms with Crippen LogP contribution in [0.4, 0.5) is 23.2 Å². The Bertz CT molecular complexity index is 2460. The predicted octanol–water partition coefficient (Wildman–Crippen LogP) is 7.64. The third-order valence-electron chi connectivity index (χ3n) is 13.4. The standard InChI is InChI=1S/C62H90F4N6O13/c1-5-16-72(17-6-2)47(3)52-40-50-13-14-51(41-56(50)69-57(67)42-52)62(74)68-53-8-7-18-71(46-53)45-49-11-9-48(10-12-49)44-70(4)19-21-76-23-25-78-27-29-80-31-33-82-35-37-84-39-38-83-36-34-81-32-30-79-28-26-77-24-22-75-20-15-58(73)85-61-59(65)54(63)43-55(64)60(61)66/h9-14,40-41,43,53H,3,5-8,15-39,42,44-46H2,1-2,4H3,(H2,67,69)(H,68,74)/t53-/m1/s1. The summed E-state index contributed by atoms with van der Waals surface area (Å²) in [6.45, 7) is 22.5. The lowest BCUT2D eigenvalue weighted by Crippen LogP contribution is -2.47. The molecule has 3 aromatic rings. The lowest BCUT2D eigenvalue weighted by Gasteiger charge is -2.33. The highest BCUT2D eigenvalue weighted by Crippen LogP contribution is 2.32. The van der Waals surface area contributed by atoms with Gasteiger partial charge >= 0.3 is 5.97 Å². The van der Waals surface area contributed by atoms with Crippen LogP contribution in [0.1, 0.15) is 79.4 Å². The lowest BCUT2D eigenvalue weighted by atomic mass is 10.0. The molecule has 1 fully saturated rings. The molecule has 3 N–H and O–H groups in total. The minimum atomic E-state index is -1.80. The van der Waals surface area contributed by atoms with E-state index in [2.05, 4.69) is 82.6 Å². The average Bonchev–Trinajstić information content (AvgIpc) is 3.35. The summed E-state index contributed by atoms with van der Waals surface area (Å²) >= 11 is 0. The van der Waals surface area contributed by atoms with Crippen LogP contribution in [-0.2, 0) is 65.3 Å². The van der Waals surface area contributed by atoms with E-state index in [1.165, 1.54) is 11.1 Å². The average molecular weight is 1200 g/mol. The topological polar surface area (TPSA) is 196 Å². The number of benzene rings is 3. The van der Waals surface area contributed by atoms with Crippen LogP contribution in [0.25, 0.3) is 6.08 Å². The number of hydrogen-bond donors (Lipinski definition) is 2. The second kappa shape index (κ2) is 41.6. The Balaban J connectivity index is 0.754. The molecule has 0 unspecified atom stereocenters. The fourth-order valence-electron chi connectivity index (χ4n) is 9.09. The van der Waals surface area contributed by atoms with Crippen LogP contribution in [0.2, 0.25) is 0 Å². The van der Waals surface area contributed by atoms with E-state index in [0.29, 0.717) is 136 Å². The molecule has 0 spiro atoms. The summed E-state index contributed by atoms with van der Waals surface area (Å²) in [5, 5.41) is 3.30. The molecular weight excluding hydrogens is 1110 g/mol. The molecule has 1 atom stereocenters. The maximum atomic E-state index is 13.6. The number of likely N-dealkylation sites (tertiary alicyclic amines) is 1. The second-order valence-electron chi connectivity index (χ2n) is 20.4. The Kier molecular flexibility index (Phi) is 34.5. The number of nitrogens with two attached hydrogens (primary N) is 1. The van der Waals surface area contributed by atoms with E-state index in [1.54, 1.807) is 0 Å². The van der Waals surface area contributed by atoms with Gasteiger partial charge in [-0.3, -0.25) is 19.4 Å². The fraction of sp³-hybridized carbons (Fsp3) is 0.597. The van der Waals surface area contributed by atoms with Crippen LogP contribution in [-0.4, -0.2) is 210 Å². The van der Waals surface area contributed by atoms with E-state index >= 15 is 0 Å². The third kappa shape index (κ3) is 27.9. The quantitative estimate of drug-likeness (QED) is 0.0184. The van der Waals surface area contributed by atoms with E-state index in [1.807, 2.05) is 18.2 Å². The van der Waals surface area contributed by atoms with Gasteiger partial charge in [0.05, 0.1) is 144 Å². The van der Waals surface area contributed by atoms with Gasteiger partial charge in [0.15, 0.2) is 11.6 Å². The first-order chi connectivity index (χ1) is 41.3. The molecule has 5 rings (SSSR count). The summed E-state index contributed by atoms with van der Waals surface area (Å²) in [6.07, 6.45) is 6.27. The van der Waals surface area contributed by atoms with Crippen LogP contribution in [0.3, 0.4) is 0 Å². The van der Waals surface area contributed by atoms with Gasteiger partial charge in [-0.1, -0.05) is 50.8 Å². The van der Waals surface area contributed by atoms with Crippen LogP contribution in [0.5, 0.6) is 5.75 Å². The number of hydrogen-bond acceptors (Lipinski definition) is 18. The molecule has 1 saturated heterocycles. The van der Waals surface area contributed by atoms with E-state index < -0.39 is 41.4 Å². The molecular formula is C62H90F4N6O13. The van der Waals surface area contributed by atoms with Crippen molar-refractivity contribution in [3.63, 3.8) is 0 Å². The van der Waals surface area contributed by atoms with E-state index in [9.17, 15) is 27.2 Å². The summed E-state index contributed by atoms with van der Waals surface area (Å²) < 4.78 is 113. The predicted molar refractivity (Wildman–Crippen MR) is 315 cm³/mol. The van der Waals surface area contributed by atoms with Crippen molar-refractivity contribution in [2.45, 2.75) is 71.5 Å². The molecule has 2 aliphatic heterocycles. The first kappa shape index (κ1) is 70.4. The van der Waals surface area contributed by atoms with Crippen molar-refractivity contribution in [3.8, 4) is 5.75 Å². The number of ether oxygens (including phenoxy) is 11. The van der Waals surface area contributed by atoms with Crippen LogP contribution < -0.4 is 15.8 Å². The Morgan fingerprint density at radius 3 is 1.65 bits per heavy atom. The van der Waals surface area contributed by atoms with Crippen LogP contribution in [0, 0.1) is 23.3 Å². The van der Waals surface area contributed by atoms with Gasteiger partial charge in [0.25, 0.3) is 5.91 Å². The van der Waals surface area contributed by atoms with E-state index in [4.69, 9.17) is 58.1 Å². The highest BCUT2D eigenvalue weighted by molar-refractivity contribution is 5.97. The van der Waals surface area contributed by atoms with Crippen LogP contribution in [0.15, 0.2) is 71.4 Å². The summed E-state index contributed by atoms with van der Waals surface area (Å²) in [5.41, 5.74) is 13.2. The molecule has 0 bridgehead atoms. The molecule has 3 aromatic carbocycles. The van der Waals surface area contributed by atoms with Crippen molar-refractivity contribution in [1.29, 1.82) is 0 Å². The van der Waals surface area contributed by atoms with Gasteiger partial charge in [-0.15, -0.1) is 0 Å². The number of carbonyl (C=O) groups is 2. The van der Waals surface area contributed by atoms with Gasteiger partial charge in [-0.2, -0.15) is 8.78 Å².